The number of carbonyl (C=O) groups is 2. The number of hydrogen-bond acceptors (Lipinski definition) is 7. The zero-order valence-corrected chi connectivity index (χ0v) is 12.9. The van der Waals surface area contributed by atoms with Crippen molar-refractivity contribution in [2.75, 3.05) is 0 Å². The SMILES string of the molecule is O=C1Oc2ccc(O)cc2[C@@H]2c3sc(=O)[nH]c3S[C@H](C(=O)O)[C@H]12. The van der Waals surface area contributed by atoms with Crippen LogP contribution in [0.25, 0.3) is 0 Å². The van der Waals surface area contributed by atoms with E-state index in [9.17, 15) is 24.6 Å². The summed E-state index contributed by atoms with van der Waals surface area (Å²) in [5, 5.41) is 18.6. The van der Waals surface area contributed by atoms with Gasteiger partial charge < -0.3 is 19.9 Å². The molecule has 3 heterocycles. The van der Waals surface area contributed by atoms with Crippen molar-refractivity contribution in [1.82, 2.24) is 4.98 Å². The molecule has 0 fully saturated rings. The first-order valence-electron chi connectivity index (χ1n) is 6.63. The minimum absolute atomic E-state index is 0.0185. The van der Waals surface area contributed by atoms with E-state index in [2.05, 4.69) is 4.98 Å². The number of aromatic nitrogens is 1. The van der Waals surface area contributed by atoms with E-state index >= 15 is 0 Å². The Bertz CT molecular complexity index is 901. The molecule has 0 bridgehead atoms. The third kappa shape index (κ3) is 2.07. The highest BCUT2D eigenvalue weighted by atomic mass is 32.2. The normalized spacial score (nSPS) is 25.0. The van der Waals surface area contributed by atoms with Gasteiger partial charge in [0.25, 0.3) is 0 Å². The number of aliphatic carboxylic acids is 1. The summed E-state index contributed by atoms with van der Waals surface area (Å²) in [6.45, 7) is 0. The number of hydrogen-bond donors (Lipinski definition) is 3. The summed E-state index contributed by atoms with van der Waals surface area (Å²) in [7, 11) is 0. The van der Waals surface area contributed by atoms with Crippen molar-refractivity contribution in [2.45, 2.75) is 16.2 Å². The van der Waals surface area contributed by atoms with Gasteiger partial charge in [0.15, 0.2) is 0 Å². The highest BCUT2D eigenvalue weighted by Crippen LogP contribution is 2.53. The van der Waals surface area contributed by atoms with Crippen LogP contribution in [0.3, 0.4) is 0 Å². The van der Waals surface area contributed by atoms with Crippen molar-refractivity contribution in [3.8, 4) is 11.5 Å². The number of aromatic amines is 1. The second-order valence-corrected chi connectivity index (χ2v) is 7.40. The molecule has 1 aromatic heterocycles. The van der Waals surface area contributed by atoms with Crippen molar-refractivity contribution in [1.29, 1.82) is 0 Å². The summed E-state index contributed by atoms with van der Waals surface area (Å²) < 4.78 is 5.25. The number of phenols is 1. The molecule has 1 aromatic carbocycles. The Kier molecular flexibility index (Phi) is 3.03. The van der Waals surface area contributed by atoms with Gasteiger partial charge in [0.1, 0.15) is 16.7 Å². The fraction of sp³-hybridized carbons (Fsp3) is 0.214. The molecule has 7 nitrogen and oxygen atoms in total. The van der Waals surface area contributed by atoms with Crippen LogP contribution in [0.1, 0.15) is 16.4 Å². The van der Waals surface area contributed by atoms with Crippen molar-refractivity contribution >= 4 is 35.0 Å². The van der Waals surface area contributed by atoms with Crippen LogP contribution in [0.5, 0.6) is 11.5 Å². The maximum atomic E-state index is 12.4. The van der Waals surface area contributed by atoms with E-state index in [4.69, 9.17) is 4.74 Å². The monoisotopic (exact) mass is 351 g/mol. The number of nitrogens with one attached hydrogen (secondary N) is 1. The van der Waals surface area contributed by atoms with Crippen LogP contribution in [0.2, 0.25) is 0 Å². The molecule has 3 atom stereocenters. The first kappa shape index (κ1) is 14.3. The number of thiazole rings is 1. The summed E-state index contributed by atoms with van der Waals surface area (Å²) in [6.07, 6.45) is 0. The second-order valence-electron chi connectivity index (χ2n) is 5.23. The first-order valence-corrected chi connectivity index (χ1v) is 8.32. The quantitative estimate of drug-likeness (QED) is 0.525. The van der Waals surface area contributed by atoms with Gasteiger partial charge in [-0.1, -0.05) is 23.1 Å². The van der Waals surface area contributed by atoms with E-state index in [1.165, 1.54) is 18.2 Å². The fourth-order valence-corrected chi connectivity index (χ4v) is 5.40. The molecule has 2 aliphatic heterocycles. The molecule has 0 unspecified atom stereocenters. The molecule has 2 aromatic rings. The largest absolute Gasteiger partial charge is 0.508 e. The highest BCUT2D eigenvalue weighted by Gasteiger charge is 2.51. The lowest BCUT2D eigenvalue weighted by Gasteiger charge is -2.37. The molecule has 4 rings (SSSR count). The van der Waals surface area contributed by atoms with Gasteiger partial charge in [-0.2, -0.15) is 0 Å². The molecule has 0 radical (unpaired) electrons. The predicted molar refractivity (Wildman–Crippen MR) is 81.3 cm³/mol. The maximum absolute atomic E-state index is 12.4. The molecule has 2 aliphatic rings. The minimum atomic E-state index is -1.15. The summed E-state index contributed by atoms with van der Waals surface area (Å²) in [4.78, 5) is 38.6. The number of carboxylic acids is 1. The average molecular weight is 351 g/mol. The van der Waals surface area contributed by atoms with E-state index in [0.29, 0.717) is 15.5 Å². The number of aromatic hydroxyl groups is 1. The molecule has 0 saturated heterocycles. The Hall–Kier alpha value is -2.26. The summed E-state index contributed by atoms with van der Waals surface area (Å²) >= 11 is 1.89. The van der Waals surface area contributed by atoms with E-state index in [-0.39, 0.29) is 16.4 Å². The first-order chi connectivity index (χ1) is 11.0. The van der Waals surface area contributed by atoms with E-state index in [1.54, 1.807) is 0 Å². The van der Waals surface area contributed by atoms with Crippen molar-refractivity contribution < 1.29 is 24.5 Å². The van der Waals surface area contributed by atoms with Crippen molar-refractivity contribution in [2.24, 2.45) is 5.92 Å². The zero-order chi connectivity index (χ0) is 16.3. The lowest BCUT2D eigenvalue weighted by Crippen LogP contribution is -2.44. The smallest absolute Gasteiger partial charge is 0.317 e. The van der Waals surface area contributed by atoms with Gasteiger partial charge in [-0.3, -0.25) is 14.4 Å². The number of thioether (sulfide) groups is 1. The number of carbonyl (C=O) groups excluding carboxylic acids is 1. The number of esters is 1. The molecule has 3 N–H and O–H groups in total. The topological polar surface area (TPSA) is 117 Å². The molecule has 9 heteroatoms. The molecule has 0 spiro atoms. The van der Waals surface area contributed by atoms with Crippen LogP contribution in [0.15, 0.2) is 28.0 Å². The Labute approximate surface area is 136 Å². The number of carboxylic acid groups (broad SMARTS) is 1. The second kappa shape index (κ2) is 4.87. The van der Waals surface area contributed by atoms with Gasteiger partial charge in [-0.15, -0.1) is 0 Å². The van der Waals surface area contributed by atoms with Gasteiger partial charge in [-0.25, -0.2) is 0 Å². The number of rotatable bonds is 1. The molecular weight excluding hydrogens is 342 g/mol. The number of ether oxygens (including phenoxy) is 1. The lowest BCUT2D eigenvalue weighted by atomic mass is 9.80. The van der Waals surface area contributed by atoms with Crippen LogP contribution >= 0.6 is 23.1 Å². The van der Waals surface area contributed by atoms with E-state index in [1.807, 2.05) is 0 Å². The third-order valence-electron chi connectivity index (χ3n) is 3.91. The van der Waals surface area contributed by atoms with Crippen LogP contribution in [0.4, 0.5) is 0 Å². The minimum Gasteiger partial charge on any atom is -0.508 e. The number of benzene rings is 1. The Morgan fingerprint density at radius 1 is 1.30 bits per heavy atom. The third-order valence-corrected chi connectivity index (χ3v) is 6.31. The maximum Gasteiger partial charge on any atom is 0.317 e. The Morgan fingerprint density at radius 2 is 2.09 bits per heavy atom. The molecular formula is C14H9NO6S2. The molecule has 0 amide bonds. The predicted octanol–water partition coefficient (Wildman–Crippen LogP) is 1.37. The van der Waals surface area contributed by atoms with Gasteiger partial charge >= 0.3 is 16.8 Å². The average Bonchev–Trinajstić information content (AvgIpc) is 2.86. The fourth-order valence-electron chi connectivity index (χ4n) is 3.00. The lowest BCUT2D eigenvalue weighted by molar-refractivity contribution is -0.147. The molecule has 23 heavy (non-hydrogen) atoms. The standard InChI is InChI=1S/C14H9NO6S2/c16-4-1-2-6-5(3-4)7-8(13(19)21-6)10(12(17)18)22-11-9(7)23-14(20)15-11/h1-3,7-8,10,16H,(H,15,20)(H,17,18)/t7-,8+,10-/m0/s1. The number of fused-ring (bicyclic) bond motifs is 5. The molecule has 0 saturated carbocycles. The van der Waals surface area contributed by atoms with E-state index < -0.39 is 29.0 Å². The van der Waals surface area contributed by atoms with Crippen LogP contribution < -0.4 is 9.61 Å². The zero-order valence-electron chi connectivity index (χ0n) is 11.3. The summed E-state index contributed by atoms with van der Waals surface area (Å²) in [5.41, 5.74) is 0.512. The Morgan fingerprint density at radius 3 is 2.83 bits per heavy atom. The highest BCUT2D eigenvalue weighted by molar-refractivity contribution is 8.00. The number of H-pyrrole nitrogens is 1. The van der Waals surface area contributed by atoms with Crippen LogP contribution in [-0.4, -0.2) is 32.4 Å². The molecule has 118 valence electrons. The van der Waals surface area contributed by atoms with Crippen molar-refractivity contribution in [3.05, 3.63) is 38.3 Å². The summed E-state index contributed by atoms with van der Waals surface area (Å²) in [5.74, 6) is -3.11. The van der Waals surface area contributed by atoms with Gasteiger partial charge in [0.05, 0.1) is 10.9 Å². The summed E-state index contributed by atoms with van der Waals surface area (Å²) in [6, 6.07) is 4.30. The number of phenolic OH excluding ortho intramolecular Hbond substituents is 1. The van der Waals surface area contributed by atoms with E-state index in [0.717, 1.165) is 23.1 Å². The van der Waals surface area contributed by atoms with Gasteiger partial charge in [-0.05, 0) is 18.2 Å². The Balaban J connectivity index is 2.00. The van der Waals surface area contributed by atoms with Crippen LogP contribution in [0, 0.1) is 5.92 Å². The van der Waals surface area contributed by atoms with Gasteiger partial charge in [0.2, 0.25) is 0 Å². The van der Waals surface area contributed by atoms with Crippen LogP contribution in [-0.2, 0) is 9.59 Å². The van der Waals surface area contributed by atoms with Gasteiger partial charge in [0, 0.05) is 16.4 Å². The van der Waals surface area contributed by atoms with Crippen molar-refractivity contribution in [3.63, 3.8) is 0 Å². The molecule has 0 aliphatic carbocycles.